The fraction of sp³-hybridized carbons (Fsp3) is 1.00. The molecule has 0 aromatic rings. The lowest BCUT2D eigenvalue weighted by Gasteiger charge is -2.19. The monoisotopic (exact) mass is 190 g/mol. The molecule has 6 heteroatoms. The highest BCUT2D eigenvalue weighted by atomic mass is 19.3. The van der Waals surface area contributed by atoms with Crippen molar-refractivity contribution in [3.05, 3.63) is 0 Å². The van der Waals surface area contributed by atoms with Gasteiger partial charge in [0.1, 0.15) is 0 Å². The van der Waals surface area contributed by atoms with E-state index in [1.807, 2.05) is 0 Å². The topological polar surface area (TPSA) is 40.5 Å². The van der Waals surface area contributed by atoms with Gasteiger partial charge in [0.25, 0.3) is 0 Å². The molecule has 0 aliphatic carbocycles. The second kappa shape index (κ2) is 5.31. The van der Waals surface area contributed by atoms with Crippen molar-refractivity contribution in [1.82, 2.24) is 0 Å². The first-order chi connectivity index (χ1) is 5.49. The molecule has 0 heterocycles. The lowest BCUT2D eigenvalue weighted by molar-refractivity contribution is -0.0555. The van der Waals surface area contributed by atoms with Gasteiger partial charge in [-0.25, -0.2) is 17.6 Å². The Kier molecular flexibility index (Phi) is 5.16. The van der Waals surface area contributed by atoms with E-state index in [2.05, 4.69) is 0 Å². The molecule has 0 aliphatic heterocycles. The van der Waals surface area contributed by atoms with Gasteiger partial charge in [-0.05, 0) is 0 Å². The van der Waals surface area contributed by atoms with Gasteiger partial charge >= 0.3 is 0 Å². The largest absolute Gasteiger partial charge is 0.396 e. The third-order valence-corrected chi connectivity index (χ3v) is 1.45. The van der Waals surface area contributed by atoms with Crippen LogP contribution in [0.3, 0.4) is 0 Å². The summed E-state index contributed by atoms with van der Waals surface area (Å²) < 4.78 is 46.8. The van der Waals surface area contributed by atoms with Gasteiger partial charge in [-0.1, -0.05) is 0 Å². The Morgan fingerprint density at radius 3 is 1.83 bits per heavy atom. The molecule has 74 valence electrons. The van der Waals surface area contributed by atoms with Crippen LogP contribution < -0.4 is 0 Å². The van der Waals surface area contributed by atoms with Gasteiger partial charge in [0.05, 0.1) is 18.6 Å². The predicted octanol–water partition coefficient (Wildman–Crippen LogP) is 0.876. The first-order valence-corrected chi connectivity index (χ1v) is 3.34. The van der Waals surface area contributed by atoms with Gasteiger partial charge in [0.2, 0.25) is 12.9 Å². The molecule has 0 saturated carbocycles. The average Bonchev–Trinajstić information content (AvgIpc) is 1.85. The van der Waals surface area contributed by atoms with E-state index in [9.17, 15) is 17.6 Å². The Balaban J connectivity index is 3.94. The van der Waals surface area contributed by atoms with Crippen LogP contribution in [0.5, 0.6) is 0 Å². The van der Waals surface area contributed by atoms with Gasteiger partial charge in [0.15, 0.2) is 0 Å². The molecule has 2 nitrogen and oxygen atoms in total. The number of alkyl halides is 4. The Morgan fingerprint density at radius 1 is 1.08 bits per heavy atom. The van der Waals surface area contributed by atoms with Crippen LogP contribution in [0.15, 0.2) is 0 Å². The smallest absolute Gasteiger partial charge is 0.246 e. The maximum atomic E-state index is 11.8. The maximum Gasteiger partial charge on any atom is 0.246 e. The van der Waals surface area contributed by atoms with Crippen molar-refractivity contribution in [2.24, 2.45) is 5.92 Å². The molecule has 0 aromatic carbocycles. The van der Waals surface area contributed by atoms with Crippen molar-refractivity contribution in [2.45, 2.75) is 25.4 Å². The molecule has 0 saturated heterocycles. The van der Waals surface area contributed by atoms with Crippen molar-refractivity contribution in [2.75, 3.05) is 6.61 Å². The third kappa shape index (κ3) is 3.87. The minimum Gasteiger partial charge on any atom is -0.396 e. The first kappa shape index (κ1) is 11.6. The van der Waals surface area contributed by atoms with E-state index in [1.54, 1.807) is 0 Å². The summed E-state index contributed by atoms with van der Waals surface area (Å²) in [5, 5.41) is 17.0. The first-order valence-electron chi connectivity index (χ1n) is 3.34. The van der Waals surface area contributed by atoms with E-state index >= 15 is 0 Å². The number of hydrogen-bond donors (Lipinski definition) is 2. The number of rotatable bonds is 5. The summed E-state index contributed by atoms with van der Waals surface area (Å²) in [7, 11) is 0. The van der Waals surface area contributed by atoms with Crippen molar-refractivity contribution >= 4 is 0 Å². The minimum atomic E-state index is -2.98. The zero-order valence-electron chi connectivity index (χ0n) is 6.13. The van der Waals surface area contributed by atoms with E-state index in [1.165, 1.54) is 0 Å². The SMILES string of the molecule is OCC(C(F)F)C(O)CC(F)F. The lowest BCUT2D eigenvalue weighted by atomic mass is 10.0. The Labute approximate surface area is 66.8 Å². The van der Waals surface area contributed by atoms with Gasteiger partial charge < -0.3 is 10.2 Å². The van der Waals surface area contributed by atoms with Crippen LogP contribution in [0.25, 0.3) is 0 Å². The highest BCUT2D eigenvalue weighted by Crippen LogP contribution is 2.18. The molecular weight excluding hydrogens is 180 g/mol. The van der Waals surface area contributed by atoms with Gasteiger partial charge in [-0.15, -0.1) is 0 Å². The van der Waals surface area contributed by atoms with E-state index in [-0.39, 0.29) is 0 Å². The molecule has 0 aromatic heterocycles. The van der Waals surface area contributed by atoms with Crippen LogP contribution in [0.2, 0.25) is 0 Å². The average molecular weight is 190 g/mol. The maximum absolute atomic E-state index is 11.8. The summed E-state index contributed by atoms with van der Waals surface area (Å²) in [6.07, 6.45) is -8.71. The highest BCUT2D eigenvalue weighted by molar-refractivity contribution is 4.70. The normalized spacial score (nSPS) is 17.0. The number of halogens is 4. The molecule has 0 fully saturated rings. The molecule has 0 aliphatic rings. The van der Waals surface area contributed by atoms with Crippen LogP contribution in [0, 0.1) is 5.92 Å². The molecule has 2 atom stereocenters. The second-order valence-electron chi connectivity index (χ2n) is 2.38. The highest BCUT2D eigenvalue weighted by Gasteiger charge is 2.29. The van der Waals surface area contributed by atoms with Gasteiger partial charge in [0, 0.05) is 6.42 Å². The number of aliphatic hydroxyl groups is 2. The van der Waals surface area contributed by atoms with Crippen LogP contribution in [-0.2, 0) is 0 Å². The Bertz CT molecular complexity index is 120. The van der Waals surface area contributed by atoms with E-state index in [0.717, 1.165) is 0 Å². The molecule has 12 heavy (non-hydrogen) atoms. The van der Waals surface area contributed by atoms with E-state index in [4.69, 9.17) is 10.2 Å². The fourth-order valence-corrected chi connectivity index (χ4v) is 0.727. The molecule has 2 unspecified atom stereocenters. The lowest BCUT2D eigenvalue weighted by Crippen LogP contribution is -2.31. The van der Waals surface area contributed by atoms with Crippen molar-refractivity contribution < 1.29 is 27.8 Å². The zero-order chi connectivity index (χ0) is 9.72. The number of aliphatic hydroxyl groups excluding tert-OH is 2. The summed E-state index contributed by atoms with van der Waals surface area (Å²) in [4.78, 5) is 0. The molecular formula is C6H10F4O2. The standard InChI is InChI=1S/C6H10F4O2/c7-5(8)1-4(12)3(2-11)6(9)10/h3-6,11-12H,1-2H2. The van der Waals surface area contributed by atoms with Gasteiger partial charge in [-0.2, -0.15) is 0 Å². The summed E-state index contributed by atoms with van der Waals surface area (Å²) in [5.74, 6) is -1.78. The summed E-state index contributed by atoms with van der Waals surface area (Å²) >= 11 is 0. The molecule has 2 N–H and O–H groups in total. The molecule has 0 spiro atoms. The minimum absolute atomic E-state index is 0.994. The fourth-order valence-electron chi connectivity index (χ4n) is 0.727. The molecule has 0 bridgehead atoms. The van der Waals surface area contributed by atoms with Crippen LogP contribution in [0.1, 0.15) is 6.42 Å². The molecule has 0 rings (SSSR count). The Morgan fingerprint density at radius 2 is 1.58 bits per heavy atom. The third-order valence-electron chi connectivity index (χ3n) is 1.45. The van der Waals surface area contributed by atoms with Gasteiger partial charge in [-0.3, -0.25) is 0 Å². The zero-order valence-corrected chi connectivity index (χ0v) is 6.13. The summed E-state index contributed by atoms with van der Waals surface area (Å²) in [6.45, 7) is -0.994. The molecule has 0 amide bonds. The molecule has 0 radical (unpaired) electrons. The van der Waals surface area contributed by atoms with E-state index < -0.39 is 37.9 Å². The van der Waals surface area contributed by atoms with Crippen LogP contribution >= 0.6 is 0 Å². The summed E-state index contributed by atoms with van der Waals surface area (Å²) in [6, 6.07) is 0. The van der Waals surface area contributed by atoms with Crippen LogP contribution in [0.4, 0.5) is 17.6 Å². The van der Waals surface area contributed by atoms with Crippen molar-refractivity contribution in [3.63, 3.8) is 0 Å². The van der Waals surface area contributed by atoms with Crippen molar-refractivity contribution in [1.29, 1.82) is 0 Å². The number of hydrogen-bond acceptors (Lipinski definition) is 2. The second-order valence-corrected chi connectivity index (χ2v) is 2.38. The Hall–Kier alpha value is -0.360. The summed E-state index contributed by atoms with van der Waals surface area (Å²) in [5.41, 5.74) is 0. The van der Waals surface area contributed by atoms with E-state index in [0.29, 0.717) is 0 Å². The quantitative estimate of drug-likeness (QED) is 0.631. The van der Waals surface area contributed by atoms with Crippen LogP contribution in [-0.4, -0.2) is 35.8 Å². The van der Waals surface area contributed by atoms with Crippen molar-refractivity contribution in [3.8, 4) is 0 Å². The predicted molar refractivity (Wildman–Crippen MR) is 33.2 cm³/mol.